The van der Waals surface area contributed by atoms with Crippen molar-refractivity contribution in [1.29, 1.82) is 0 Å². The summed E-state index contributed by atoms with van der Waals surface area (Å²) in [6, 6.07) is 16.8. The summed E-state index contributed by atoms with van der Waals surface area (Å²) >= 11 is 11.9. The molecule has 52 heavy (non-hydrogen) atoms. The van der Waals surface area contributed by atoms with Crippen LogP contribution < -0.4 is 31.3 Å². The molecular formula is C33H29Cl2F3N8O6. The number of ether oxygens (including phenoxy) is 1. The summed E-state index contributed by atoms with van der Waals surface area (Å²) in [5, 5.41) is 23.5. The number of hydrogen-bond acceptors (Lipinski definition) is 10. The lowest BCUT2D eigenvalue weighted by Gasteiger charge is -2.19. The van der Waals surface area contributed by atoms with Crippen LogP contribution in [0.5, 0.6) is 6.01 Å². The third kappa shape index (κ3) is 10.7. The Hall–Kier alpha value is -5.68. The van der Waals surface area contributed by atoms with Gasteiger partial charge in [0.15, 0.2) is 6.61 Å². The van der Waals surface area contributed by atoms with E-state index in [4.69, 9.17) is 27.9 Å². The maximum atomic E-state index is 12.9. The van der Waals surface area contributed by atoms with Crippen molar-refractivity contribution in [3.05, 3.63) is 94.0 Å². The van der Waals surface area contributed by atoms with Crippen LogP contribution in [0.4, 0.5) is 36.4 Å². The maximum absolute atomic E-state index is 12.9. The number of carbonyl (C=O) groups excluding carboxylic acids is 3. The summed E-state index contributed by atoms with van der Waals surface area (Å²) < 4.78 is 43.5. The van der Waals surface area contributed by atoms with Gasteiger partial charge in [-0.15, -0.1) is 0 Å². The molecule has 4 aromatic rings. The Balaban J connectivity index is 1.19. The molecule has 14 nitrogen and oxygen atoms in total. The minimum atomic E-state index is -4.65. The molecule has 3 amide bonds. The van der Waals surface area contributed by atoms with Gasteiger partial charge in [-0.3, -0.25) is 14.4 Å². The van der Waals surface area contributed by atoms with E-state index in [9.17, 15) is 37.5 Å². The van der Waals surface area contributed by atoms with E-state index in [0.717, 1.165) is 5.56 Å². The van der Waals surface area contributed by atoms with Gasteiger partial charge in [-0.25, -0.2) is 4.79 Å². The van der Waals surface area contributed by atoms with Crippen molar-refractivity contribution in [3.63, 3.8) is 0 Å². The highest BCUT2D eigenvalue weighted by Crippen LogP contribution is 2.48. The van der Waals surface area contributed by atoms with Crippen molar-refractivity contribution in [2.24, 2.45) is 0 Å². The van der Waals surface area contributed by atoms with Crippen molar-refractivity contribution in [3.8, 4) is 6.01 Å². The third-order valence-electron chi connectivity index (χ3n) is 7.49. The first-order chi connectivity index (χ1) is 24.7. The van der Waals surface area contributed by atoms with Crippen LogP contribution in [0.3, 0.4) is 0 Å². The number of aromatic nitrogens is 3. The van der Waals surface area contributed by atoms with Crippen LogP contribution >= 0.6 is 23.2 Å². The zero-order valence-electron chi connectivity index (χ0n) is 26.8. The molecule has 3 aromatic carbocycles. The first kappa shape index (κ1) is 37.6. The molecule has 0 unspecified atom stereocenters. The first-order valence-corrected chi connectivity index (χ1v) is 16.2. The quantitative estimate of drug-likeness (QED) is 0.0914. The average molecular weight is 762 g/mol. The van der Waals surface area contributed by atoms with E-state index in [0.29, 0.717) is 28.6 Å². The molecule has 5 rings (SSSR count). The van der Waals surface area contributed by atoms with E-state index < -0.39 is 54.1 Å². The monoisotopic (exact) mass is 760 g/mol. The second kappa shape index (κ2) is 16.1. The molecule has 1 aromatic heterocycles. The molecule has 19 heteroatoms. The van der Waals surface area contributed by atoms with Gasteiger partial charge in [-0.2, -0.15) is 28.1 Å². The van der Waals surface area contributed by atoms with Crippen LogP contribution in [-0.2, 0) is 19.9 Å². The Labute approximate surface area is 303 Å². The lowest BCUT2D eigenvalue weighted by Crippen LogP contribution is -2.44. The van der Waals surface area contributed by atoms with Crippen LogP contribution in [0.2, 0.25) is 10.0 Å². The second-order valence-corrected chi connectivity index (χ2v) is 12.3. The number of aliphatic carboxylic acids is 1. The molecule has 1 fully saturated rings. The molecule has 0 saturated heterocycles. The van der Waals surface area contributed by atoms with Gasteiger partial charge in [0.2, 0.25) is 11.9 Å². The van der Waals surface area contributed by atoms with Gasteiger partial charge in [0, 0.05) is 33.5 Å². The Morgan fingerprint density at radius 1 is 0.865 bits per heavy atom. The molecule has 6 N–H and O–H groups in total. The number of hydrogen-bond donors (Lipinski definition) is 6. The number of benzene rings is 3. The number of alkyl halides is 3. The van der Waals surface area contributed by atoms with Gasteiger partial charge in [-0.05, 0) is 79.4 Å². The van der Waals surface area contributed by atoms with E-state index >= 15 is 0 Å². The van der Waals surface area contributed by atoms with Gasteiger partial charge >= 0.3 is 30.0 Å². The number of carboxylic acids is 1. The SMILES string of the molecule is O=C(NCC[C@H](NC(=O)c1ccc(Nc2nc(NC3(c4ccc(Cl)cc4)CC3)nc(OCC(F)(F)F)n2)cc1)C(=O)O)C(=O)Nc1cccc(Cl)c1. The van der Waals surface area contributed by atoms with Crippen molar-refractivity contribution < 1.29 is 42.2 Å². The summed E-state index contributed by atoms with van der Waals surface area (Å²) in [7, 11) is 0. The molecule has 1 saturated carbocycles. The third-order valence-corrected chi connectivity index (χ3v) is 7.98. The second-order valence-electron chi connectivity index (χ2n) is 11.5. The van der Waals surface area contributed by atoms with Crippen LogP contribution in [0.25, 0.3) is 0 Å². The smallest absolute Gasteiger partial charge is 0.422 e. The van der Waals surface area contributed by atoms with E-state index in [1.807, 2.05) is 12.1 Å². The number of halogens is 5. The standard InChI is InChI=1S/C33H29Cl2F3N8O6/c34-20-8-6-19(7-9-20)32(13-14-32)46-30-43-29(44-31(45-30)52-17-33(36,37)38)41-22-10-4-18(5-11-22)25(47)42-24(28(50)51)12-15-39-26(48)27(49)40-23-3-1-2-21(35)16-23/h1-11,16,24H,12-15,17H2,(H,39,48)(H,40,49)(H,42,47)(H,50,51)(H2,41,43,44,45,46)/t24-/m0/s1. The van der Waals surface area contributed by atoms with Crippen molar-refractivity contribution >= 4 is 70.2 Å². The Morgan fingerprint density at radius 2 is 1.56 bits per heavy atom. The van der Waals surface area contributed by atoms with Crippen molar-refractivity contribution in [1.82, 2.24) is 25.6 Å². The fourth-order valence-corrected chi connectivity index (χ4v) is 5.09. The normalized spacial score (nSPS) is 13.6. The van der Waals surface area contributed by atoms with Crippen LogP contribution in [0, 0.1) is 0 Å². The van der Waals surface area contributed by atoms with Gasteiger partial charge in [-0.1, -0.05) is 41.4 Å². The number of amides is 3. The van der Waals surface area contributed by atoms with Gasteiger partial charge < -0.3 is 36.4 Å². The highest BCUT2D eigenvalue weighted by atomic mass is 35.5. The fraction of sp³-hybridized carbons (Fsp3) is 0.242. The Kier molecular flexibility index (Phi) is 11.6. The molecule has 1 aliphatic rings. The molecule has 0 bridgehead atoms. The zero-order valence-corrected chi connectivity index (χ0v) is 28.3. The minimum absolute atomic E-state index is 0.0456. The molecule has 0 aliphatic heterocycles. The van der Waals surface area contributed by atoms with E-state index in [1.54, 1.807) is 24.3 Å². The van der Waals surface area contributed by atoms with Gasteiger partial charge in [0.05, 0.1) is 5.54 Å². The molecule has 0 spiro atoms. The largest absolute Gasteiger partial charge is 0.480 e. The number of carbonyl (C=O) groups is 4. The lowest BCUT2D eigenvalue weighted by atomic mass is 10.1. The number of nitrogens with zero attached hydrogens (tertiary/aromatic N) is 3. The average Bonchev–Trinajstić information content (AvgIpc) is 3.87. The minimum Gasteiger partial charge on any atom is -0.480 e. The Morgan fingerprint density at radius 3 is 2.19 bits per heavy atom. The number of nitrogens with one attached hydrogen (secondary N) is 5. The molecule has 1 atom stereocenters. The van der Waals surface area contributed by atoms with Gasteiger partial charge in [0.25, 0.3) is 5.91 Å². The number of rotatable bonds is 14. The molecule has 272 valence electrons. The van der Waals surface area contributed by atoms with Gasteiger partial charge in [0.1, 0.15) is 6.04 Å². The van der Waals surface area contributed by atoms with E-state index in [-0.39, 0.29) is 36.1 Å². The van der Waals surface area contributed by atoms with E-state index in [2.05, 4.69) is 41.5 Å². The molecule has 0 radical (unpaired) electrons. The summed E-state index contributed by atoms with van der Waals surface area (Å²) in [4.78, 5) is 61.2. The van der Waals surface area contributed by atoms with Crippen molar-refractivity contribution in [2.45, 2.75) is 37.0 Å². The summed E-state index contributed by atoms with van der Waals surface area (Å²) in [6.07, 6.45) is -3.49. The zero-order chi connectivity index (χ0) is 37.5. The van der Waals surface area contributed by atoms with Crippen LogP contribution in [0.15, 0.2) is 72.8 Å². The van der Waals surface area contributed by atoms with Crippen LogP contribution in [-0.4, -0.2) is 69.1 Å². The van der Waals surface area contributed by atoms with Crippen molar-refractivity contribution in [2.75, 3.05) is 29.1 Å². The molecule has 1 aliphatic carbocycles. The lowest BCUT2D eigenvalue weighted by molar-refractivity contribution is -0.154. The first-order valence-electron chi connectivity index (χ1n) is 15.4. The Bertz CT molecular complexity index is 1950. The summed E-state index contributed by atoms with van der Waals surface area (Å²) in [6.45, 7) is -1.88. The topological polar surface area (TPSA) is 197 Å². The van der Waals surface area contributed by atoms with E-state index in [1.165, 1.54) is 36.4 Å². The molecular weight excluding hydrogens is 732 g/mol. The summed E-state index contributed by atoms with van der Waals surface area (Å²) in [5.41, 5.74) is 0.989. The predicted molar refractivity (Wildman–Crippen MR) is 184 cm³/mol. The maximum Gasteiger partial charge on any atom is 0.422 e. The highest BCUT2D eigenvalue weighted by molar-refractivity contribution is 6.39. The summed E-state index contributed by atoms with van der Waals surface area (Å²) in [5.74, 6) is -4.35. The highest BCUT2D eigenvalue weighted by Gasteiger charge is 2.45. The predicted octanol–water partition coefficient (Wildman–Crippen LogP) is 5.29. The fourth-order valence-electron chi connectivity index (χ4n) is 4.77. The number of anilines is 4. The molecule has 1 heterocycles. The number of carboxylic acid groups (broad SMARTS) is 1. The van der Waals surface area contributed by atoms with Crippen LogP contribution in [0.1, 0.15) is 35.2 Å².